The van der Waals surface area contributed by atoms with Gasteiger partial charge in [-0.05, 0) is 86.5 Å². The van der Waals surface area contributed by atoms with Crippen LogP contribution in [0.15, 0.2) is 24.3 Å². The molecular formula is C20H27NS. The third-order valence-electron chi connectivity index (χ3n) is 5.99. The Kier molecular flexibility index (Phi) is 3.78. The van der Waals surface area contributed by atoms with Crippen LogP contribution in [-0.4, -0.2) is 25.5 Å². The first kappa shape index (κ1) is 14.7. The third kappa shape index (κ3) is 2.41. The highest BCUT2D eigenvalue weighted by molar-refractivity contribution is 7.19. The van der Waals surface area contributed by atoms with E-state index in [9.17, 15) is 0 Å². The number of nitrogens with zero attached hydrogens (tertiary/aromatic N) is 1. The van der Waals surface area contributed by atoms with Crippen molar-refractivity contribution in [3.63, 3.8) is 0 Å². The van der Waals surface area contributed by atoms with Gasteiger partial charge < -0.3 is 4.90 Å². The number of aryl methyl sites for hydroxylation is 1. The second-order valence-corrected chi connectivity index (χ2v) is 8.82. The van der Waals surface area contributed by atoms with Crippen LogP contribution in [0.3, 0.4) is 0 Å². The zero-order valence-electron chi connectivity index (χ0n) is 14.0. The topological polar surface area (TPSA) is 3.24 Å². The lowest BCUT2D eigenvalue weighted by Crippen LogP contribution is -2.30. The third-order valence-corrected chi connectivity index (χ3v) is 7.25. The maximum atomic E-state index is 2.51. The summed E-state index contributed by atoms with van der Waals surface area (Å²) in [6.07, 6.45) is 5.57. The van der Waals surface area contributed by atoms with Gasteiger partial charge in [-0.1, -0.05) is 19.1 Å². The second kappa shape index (κ2) is 5.65. The zero-order valence-corrected chi connectivity index (χ0v) is 14.8. The van der Waals surface area contributed by atoms with Crippen molar-refractivity contribution in [3.05, 3.63) is 34.7 Å². The predicted molar refractivity (Wildman–Crippen MR) is 96.8 cm³/mol. The Balaban J connectivity index is 1.69. The number of benzene rings is 1. The van der Waals surface area contributed by atoms with Gasteiger partial charge in [-0.2, -0.15) is 0 Å². The van der Waals surface area contributed by atoms with Crippen LogP contribution < -0.4 is 0 Å². The summed E-state index contributed by atoms with van der Waals surface area (Å²) in [4.78, 5) is 3.92. The molecule has 0 saturated heterocycles. The van der Waals surface area contributed by atoms with Gasteiger partial charge in [0, 0.05) is 16.1 Å². The first-order valence-electron chi connectivity index (χ1n) is 8.82. The fourth-order valence-electron chi connectivity index (χ4n) is 5.11. The van der Waals surface area contributed by atoms with E-state index < -0.39 is 0 Å². The first-order chi connectivity index (χ1) is 10.7. The van der Waals surface area contributed by atoms with E-state index in [-0.39, 0.29) is 0 Å². The van der Waals surface area contributed by atoms with Crippen LogP contribution in [0, 0.1) is 17.8 Å². The van der Waals surface area contributed by atoms with Crippen LogP contribution in [-0.2, 0) is 6.42 Å². The molecule has 1 aromatic heterocycles. The molecule has 2 aliphatic carbocycles. The fraction of sp³-hybridized carbons (Fsp3) is 0.600. The summed E-state index contributed by atoms with van der Waals surface area (Å²) in [5, 5.41) is 1.48. The van der Waals surface area contributed by atoms with Crippen LogP contribution in [0.25, 0.3) is 10.1 Å². The van der Waals surface area contributed by atoms with E-state index >= 15 is 0 Å². The van der Waals surface area contributed by atoms with Crippen molar-refractivity contribution in [1.29, 1.82) is 0 Å². The molecule has 1 heterocycles. The van der Waals surface area contributed by atoms with Crippen molar-refractivity contribution in [2.45, 2.75) is 38.5 Å². The van der Waals surface area contributed by atoms with Crippen LogP contribution in [0.1, 0.15) is 42.5 Å². The van der Waals surface area contributed by atoms with Crippen molar-refractivity contribution >= 4 is 21.4 Å². The molecule has 1 nitrogen and oxygen atoms in total. The molecule has 0 N–H and O–H groups in total. The molecule has 2 saturated carbocycles. The van der Waals surface area contributed by atoms with Crippen molar-refractivity contribution in [3.8, 4) is 0 Å². The van der Waals surface area contributed by atoms with E-state index in [0.29, 0.717) is 0 Å². The Morgan fingerprint density at radius 3 is 2.73 bits per heavy atom. The molecule has 1 aromatic carbocycles. The standard InChI is InChI=1S/C20H27NS/c1-4-17-11-16-10-15(7-8-19(16)22-17)20-14-6-5-13(9-14)18(20)12-21(2)3/h7-8,10-11,13-14,18,20H,4-6,9,12H2,1-3H3/t13-,14+,18-,20+/m0/s1. The van der Waals surface area contributed by atoms with Gasteiger partial charge in [0.15, 0.2) is 0 Å². The zero-order chi connectivity index (χ0) is 15.3. The van der Waals surface area contributed by atoms with Gasteiger partial charge in [0.1, 0.15) is 0 Å². The monoisotopic (exact) mass is 313 g/mol. The van der Waals surface area contributed by atoms with Crippen LogP contribution >= 0.6 is 11.3 Å². The Hall–Kier alpha value is -0.860. The lowest BCUT2D eigenvalue weighted by atomic mass is 9.75. The van der Waals surface area contributed by atoms with Gasteiger partial charge in [-0.3, -0.25) is 0 Å². The van der Waals surface area contributed by atoms with Gasteiger partial charge in [-0.25, -0.2) is 0 Å². The molecule has 118 valence electrons. The molecule has 0 unspecified atom stereocenters. The van der Waals surface area contributed by atoms with E-state index in [1.54, 1.807) is 5.56 Å². The lowest BCUT2D eigenvalue weighted by Gasteiger charge is -2.33. The largest absolute Gasteiger partial charge is 0.309 e. The molecular weight excluding hydrogens is 286 g/mol. The fourth-order valence-corrected chi connectivity index (χ4v) is 6.10. The Bertz CT molecular complexity index is 671. The molecule has 2 bridgehead atoms. The molecule has 2 heteroatoms. The van der Waals surface area contributed by atoms with Gasteiger partial charge >= 0.3 is 0 Å². The molecule has 2 fully saturated rings. The van der Waals surface area contributed by atoms with Crippen molar-refractivity contribution in [1.82, 2.24) is 4.90 Å². The molecule has 2 aromatic rings. The summed E-state index contributed by atoms with van der Waals surface area (Å²) in [5.41, 5.74) is 1.62. The summed E-state index contributed by atoms with van der Waals surface area (Å²) < 4.78 is 1.47. The first-order valence-corrected chi connectivity index (χ1v) is 9.64. The quantitative estimate of drug-likeness (QED) is 0.754. The van der Waals surface area contributed by atoms with Crippen LogP contribution in [0.4, 0.5) is 0 Å². The number of thiophene rings is 1. The maximum Gasteiger partial charge on any atom is 0.0345 e. The van der Waals surface area contributed by atoms with Crippen LogP contribution in [0.5, 0.6) is 0 Å². The number of hydrogen-bond donors (Lipinski definition) is 0. The van der Waals surface area contributed by atoms with E-state index in [1.807, 2.05) is 11.3 Å². The SMILES string of the molecule is CCc1cc2cc([C@H]3[C@@H]4CC[C@@H](C4)[C@@H]3CN(C)C)ccc2s1. The van der Waals surface area contributed by atoms with E-state index in [4.69, 9.17) is 0 Å². The lowest BCUT2D eigenvalue weighted by molar-refractivity contribution is 0.219. The minimum atomic E-state index is 0.801. The summed E-state index contributed by atoms with van der Waals surface area (Å²) >= 11 is 1.97. The van der Waals surface area contributed by atoms with Crippen molar-refractivity contribution < 1.29 is 0 Å². The van der Waals surface area contributed by atoms with E-state index in [2.05, 4.69) is 50.2 Å². The Morgan fingerprint density at radius 1 is 1.14 bits per heavy atom. The minimum Gasteiger partial charge on any atom is -0.309 e. The average molecular weight is 314 g/mol. The molecule has 0 amide bonds. The molecule has 4 rings (SSSR count). The van der Waals surface area contributed by atoms with Crippen LogP contribution in [0.2, 0.25) is 0 Å². The molecule has 2 aliphatic rings. The highest BCUT2D eigenvalue weighted by Gasteiger charge is 2.47. The van der Waals surface area contributed by atoms with Gasteiger partial charge in [0.2, 0.25) is 0 Å². The average Bonchev–Trinajstić information content (AvgIpc) is 3.19. The molecule has 4 atom stereocenters. The highest BCUT2D eigenvalue weighted by atomic mass is 32.1. The highest BCUT2D eigenvalue weighted by Crippen LogP contribution is 2.57. The Morgan fingerprint density at radius 2 is 1.95 bits per heavy atom. The summed E-state index contributed by atoms with van der Waals surface area (Å²) in [6.45, 7) is 3.52. The van der Waals surface area contributed by atoms with Gasteiger partial charge in [0.05, 0.1) is 0 Å². The van der Waals surface area contributed by atoms with Crippen molar-refractivity contribution in [2.75, 3.05) is 20.6 Å². The van der Waals surface area contributed by atoms with Crippen molar-refractivity contribution in [2.24, 2.45) is 17.8 Å². The summed E-state index contributed by atoms with van der Waals surface area (Å²) in [6, 6.07) is 9.75. The number of fused-ring (bicyclic) bond motifs is 3. The van der Waals surface area contributed by atoms with E-state index in [1.165, 1.54) is 40.8 Å². The number of hydrogen-bond acceptors (Lipinski definition) is 2. The molecule has 0 spiro atoms. The minimum absolute atomic E-state index is 0.801. The molecule has 0 aliphatic heterocycles. The summed E-state index contributed by atoms with van der Waals surface area (Å²) in [7, 11) is 4.47. The normalized spacial score (nSPS) is 30.7. The number of rotatable bonds is 4. The Labute approximate surface area is 138 Å². The predicted octanol–water partition coefficient (Wildman–Crippen LogP) is 5.16. The molecule has 22 heavy (non-hydrogen) atoms. The summed E-state index contributed by atoms with van der Waals surface area (Å²) in [5.74, 6) is 3.59. The van der Waals surface area contributed by atoms with Gasteiger partial charge in [-0.15, -0.1) is 11.3 Å². The van der Waals surface area contributed by atoms with E-state index in [0.717, 1.165) is 30.1 Å². The molecule has 0 radical (unpaired) electrons. The smallest absolute Gasteiger partial charge is 0.0345 e. The van der Waals surface area contributed by atoms with Gasteiger partial charge in [0.25, 0.3) is 0 Å². The second-order valence-electron chi connectivity index (χ2n) is 7.65. The maximum absolute atomic E-state index is 2.51.